The Morgan fingerprint density at radius 3 is 2.24 bits per heavy atom. The number of benzene rings is 1. The zero-order valence-corrected chi connectivity index (χ0v) is 15.2. The molecule has 0 amide bonds. The molecule has 5 nitrogen and oxygen atoms in total. The fourth-order valence-corrected chi connectivity index (χ4v) is 2.16. The van der Waals surface area contributed by atoms with Crippen molar-refractivity contribution < 1.29 is 24.8 Å². The lowest BCUT2D eigenvalue weighted by Gasteiger charge is -2.25. The maximum Gasteiger partial charge on any atom is 0.118 e. The molecule has 140 valence electrons. The van der Waals surface area contributed by atoms with Gasteiger partial charge in [0.2, 0.25) is 0 Å². The molecule has 5 atom stereocenters. The first kappa shape index (κ1) is 21.4. The molecule has 0 aromatic heterocycles. The Kier molecular flexibility index (Phi) is 9.45. The van der Waals surface area contributed by atoms with Crippen LogP contribution >= 0.6 is 0 Å². The van der Waals surface area contributed by atoms with E-state index in [1.54, 1.807) is 32.3 Å². The van der Waals surface area contributed by atoms with Gasteiger partial charge in [-0.1, -0.05) is 37.3 Å². The third kappa shape index (κ3) is 7.40. The van der Waals surface area contributed by atoms with Gasteiger partial charge in [-0.15, -0.1) is 6.58 Å². The number of aliphatic hydroxyl groups is 3. The number of hydrogen-bond donors (Lipinski definition) is 3. The van der Waals surface area contributed by atoms with Crippen molar-refractivity contribution in [3.63, 3.8) is 0 Å². The molecule has 5 heteroatoms. The molecule has 0 saturated heterocycles. The lowest BCUT2D eigenvalue weighted by atomic mass is 10.0. The zero-order valence-electron chi connectivity index (χ0n) is 15.2. The minimum absolute atomic E-state index is 0.0872. The molecule has 1 rings (SSSR count). The summed E-state index contributed by atoms with van der Waals surface area (Å²) in [5.74, 6) is 0.670. The summed E-state index contributed by atoms with van der Waals surface area (Å²) in [6.07, 6.45) is 2.04. The summed E-state index contributed by atoms with van der Waals surface area (Å²) < 4.78 is 10.9. The summed E-state index contributed by atoms with van der Waals surface area (Å²) in [7, 11) is 1.60. The second kappa shape index (κ2) is 11.1. The standard InChI is InChI=1S/C20H30O5/c1-5-6-18(22)20(23)19(12-7-14(2)15(3)21)25-13-16-8-10-17(24-4)11-9-16/h5,7-12,14-15,18-23H,1,6,13H2,2-4H3/b12-7-/t14-,15+,18+,19-,20+/m1/s1. The van der Waals surface area contributed by atoms with Gasteiger partial charge in [-0.05, 0) is 37.0 Å². The predicted molar refractivity (Wildman–Crippen MR) is 98.4 cm³/mol. The van der Waals surface area contributed by atoms with Crippen molar-refractivity contribution in [1.29, 1.82) is 0 Å². The summed E-state index contributed by atoms with van der Waals surface area (Å²) in [5, 5.41) is 30.0. The van der Waals surface area contributed by atoms with Gasteiger partial charge in [-0.3, -0.25) is 0 Å². The van der Waals surface area contributed by atoms with Crippen LogP contribution in [-0.2, 0) is 11.3 Å². The first-order valence-corrected chi connectivity index (χ1v) is 8.47. The van der Waals surface area contributed by atoms with Gasteiger partial charge in [0.1, 0.15) is 18.0 Å². The molecule has 0 saturated carbocycles. The Labute approximate surface area is 150 Å². The highest BCUT2D eigenvalue weighted by Gasteiger charge is 2.24. The summed E-state index contributed by atoms with van der Waals surface area (Å²) >= 11 is 0. The lowest BCUT2D eigenvalue weighted by Crippen LogP contribution is -2.37. The number of methoxy groups -OCH3 is 1. The lowest BCUT2D eigenvalue weighted by molar-refractivity contribution is -0.0741. The Balaban J connectivity index is 2.79. The minimum atomic E-state index is -1.09. The van der Waals surface area contributed by atoms with Crippen LogP contribution in [0.5, 0.6) is 5.75 Å². The smallest absolute Gasteiger partial charge is 0.118 e. The highest BCUT2D eigenvalue weighted by Crippen LogP contribution is 2.16. The molecule has 0 unspecified atom stereocenters. The molecule has 0 heterocycles. The minimum Gasteiger partial charge on any atom is -0.497 e. The van der Waals surface area contributed by atoms with Crippen LogP contribution in [0.15, 0.2) is 49.1 Å². The van der Waals surface area contributed by atoms with Crippen molar-refractivity contribution in [3.8, 4) is 5.75 Å². The van der Waals surface area contributed by atoms with Crippen molar-refractivity contribution in [1.82, 2.24) is 0 Å². The van der Waals surface area contributed by atoms with E-state index in [-0.39, 0.29) is 18.9 Å². The maximum absolute atomic E-state index is 10.4. The summed E-state index contributed by atoms with van der Waals surface area (Å²) in [4.78, 5) is 0. The molecule has 0 aliphatic rings. The molecular formula is C20H30O5. The van der Waals surface area contributed by atoms with Crippen molar-refractivity contribution >= 4 is 0 Å². The van der Waals surface area contributed by atoms with Crippen molar-refractivity contribution in [2.75, 3.05) is 7.11 Å². The Morgan fingerprint density at radius 1 is 1.08 bits per heavy atom. The number of aliphatic hydroxyl groups excluding tert-OH is 3. The van der Waals surface area contributed by atoms with Crippen molar-refractivity contribution in [3.05, 3.63) is 54.6 Å². The molecule has 0 aliphatic heterocycles. The van der Waals surface area contributed by atoms with Crippen molar-refractivity contribution in [2.45, 2.75) is 51.3 Å². The number of ether oxygens (including phenoxy) is 2. The Hall–Kier alpha value is -1.66. The van der Waals surface area contributed by atoms with Gasteiger partial charge in [0.15, 0.2) is 0 Å². The van der Waals surface area contributed by atoms with Crippen molar-refractivity contribution in [2.24, 2.45) is 5.92 Å². The Bertz CT molecular complexity index is 523. The van der Waals surface area contributed by atoms with Gasteiger partial charge >= 0.3 is 0 Å². The molecule has 0 bridgehead atoms. The van der Waals surface area contributed by atoms with Gasteiger partial charge in [0.05, 0.1) is 25.9 Å². The fourth-order valence-electron chi connectivity index (χ4n) is 2.16. The summed E-state index contributed by atoms with van der Waals surface area (Å²) in [6.45, 7) is 7.42. The van der Waals surface area contributed by atoms with E-state index in [0.717, 1.165) is 11.3 Å². The predicted octanol–water partition coefficient (Wildman–Crippen LogP) is 2.45. The second-order valence-electron chi connectivity index (χ2n) is 6.19. The van der Waals surface area contributed by atoms with E-state index in [0.29, 0.717) is 0 Å². The molecule has 1 aromatic rings. The van der Waals surface area contributed by atoms with Crippen LogP contribution in [-0.4, -0.2) is 46.8 Å². The molecule has 25 heavy (non-hydrogen) atoms. The van der Waals surface area contributed by atoms with Crippen LogP contribution < -0.4 is 4.74 Å². The zero-order chi connectivity index (χ0) is 18.8. The highest BCUT2D eigenvalue weighted by molar-refractivity contribution is 5.26. The van der Waals surface area contributed by atoms with Gasteiger partial charge in [0.25, 0.3) is 0 Å². The average Bonchev–Trinajstić information content (AvgIpc) is 2.61. The molecular weight excluding hydrogens is 320 g/mol. The molecule has 0 aliphatic carbocycles. The quantitative estimate of drug-likeness (QED) is 0.534. The van der Waals surface area contributed by atoms with Crippen LogP contribution in [0.3, 0.4) is 0 Å². The highest BCUT2D eigenvalue weighted by atomic mass is 16.5. The monoisotopic (exact) mass is 350 g/mol. The van der Waals surface area contributed by atoms with Gasteiger partial charge < -0.3 is 24.8 Å². The molecule has 0 fully saturated rings. The van der Waals surface area contributed by atoms with E-state index in [1.807, 2.05) is 31.2 Å². The van der Waals surface area contributed by atoms with Crippen LogP contribution in [0, 0.1) is 5.92 Å². The van der Waals surface area contributed by atoms with Gasteiger partial charge in [0, 0.05) is 0 Å². The third-order valence-electron chi connectivity index (χ3n) is 4.11. The SMILES string of the molecule is C=CC[C@H](O)[C@H](O)[C@@H](/C=C\[C@@H](C)[C@H](C)O)OCc1ccc(OC)cc1. The summed E-state index contributed by atoms with van der Waals surface area (Å²) in [5.41, 5.74) is 0.924. The van der Waals surface area contributed by atoms with Crippen LogP contribution in [0.25, 0.3) is 0 Å². The van der Waals surface area contributed by atoms with Gasteiger partial charge in [-0.2, -0.15) is 0 Å². The van der Waals surface area contributed by atoms with Gasteiger partial charge in [-0.25, -0.2) is 0 Å². The third-order valence-corrected chi connectivity index (χ3v) is 4.11. The van der Waals surface area contributed by atoms with Crippen LogP contribution in [0.1, 0.15) is 25.8 Å². The first-order valence-electron chi connectivity index (χ1n) is 8.47. The van der Waals surface area contributed by atoms with E-state index in [1.165, 1.54) is 0 Å². The molecule has 1 aromatic carbocycles. The first-order chi connectivity index (χ1) is 11.9. The van der Waals surface area contributed by atoms with E-state index in [4.69, 9.17) is 9.47 Å². The normalized spacial score (nSPS) is 17.7. The van der Waals surface area contributed by atoms with Crippen LogP contribution in [0.2, 0.25) is 0 Å². The molecule has 0 radical (unpaired) electrons. The number of hydrogen-bond acceptors (Lipinski definition) is 5. The van der Waals surface area contributed by atoms with E-state index >= 15 is 0 Å². The topological polar surface area (TPSA) is 79.2 Å². The Morgan fingerprint density at radius 2 is 1.72 bits per heavy atom. The largest absolute Gasteiger partial charge is 0.497 e. The average molecular weight is 350 g/mol. The molecule has 0 spiro atoms. The molecule has 3 N–H and O–H groups in total. The van der Waals surface area contributed by atoms with E-state index in [9.17, 15) is 15.3 Å². The van der Waals surface area contributed by atoms with Crippen LogP contribution in [0.4, 0.5) is 0 Å². The van der Waals surface area contributed by atoms with E-state index < -0.39 is 24.4 Å². The number of rotatable bonds is 11. The maximum atomic E-state index is 10.4. The fraction of sp³-hybridized carbons (Fsp3) is 0.500. The van der Waals surface area contributed by atoms with E-state index in [2.05, 4.69) is 6.58 Å². The summed E-state index contributed by atoms with van der Waals surface area (Å²) in [6, 6.07) is 7.43. The second-order valence-corrected chi connectivity index (χ2v) is 6.19.